The minimum Gasteiger partial charge on any atom is -0.508 e. The molecule has 2 aromatic heterocycles. The van der Waals surface area contributed by atoms with Crippen molar-refractivity contribution >= 4 is 29.2 Å². The number of benzene rings is 2. The summed E-state index contributed by atoms with van der Waals surface area (Å²) >= 11 is 0. The molecule has 0 radical (unpaired) electrons. The largest absolute Gasteiger partial charge is 0.508 e. The number of nitrogens with zero attached hydrogens (tertiary/aromatic N) is 5. The first-order chi connectivity index (χ1) is 21.7. The van der Waals surface area contributed by atoms with E-state index in [1.54, 1.807) is 12.1 Å². The topological polar surface area (TPSA) is 124 Å². The molecule has 2 aromatic carbocycles. The number of phenolic OH excluding ortho intramolecular Hbond substituents is 1. The van der Waals surface area contributed by atoms with E-state index in [0.29, 0.717) is 25.2 Å². The maximum atomic E-state index is 10.6. The third-order valence-electron chi connectivity index (χ3n) is 7.93. The molecule has 0 bridgehead atoms. The lowest BCUT2D eigenvalue weighted by Crippen LogP contribution is -2.37. The number of aliphatic carboxylic acids is 1. The summed E-state index contributed by atoms with van der Waals surface area (Å²) in [5.74, 6) is -0.0212. The number of pyridine rings is 1. The predicted molar refractivity (Wildman–Crippen MR) is 162 cm³/mol. The lowest BCUT2D eigenvalue weighted by molar-refractivity contribution is -0.192. The molecular formula is C32H31F3N6O4. The molecule has 0 saturated carbocycles. The summed E-state index contributed by atoms with van der Waals surface area (Å²) in [6.07, 6.45) is -0.360. The van der Waals surface area contributed by atoms with Crippen molar-refractivity contribution in [3.8, 4) is 17.0 Å². The van der Waals surface area contributed by atoms with Crippen molar-refractivity contribution < 1.29 is 32.9 Å². The second-order valence-electron chi connectivity index (χ2n) is 10.9. The molecule has 4 heterocycles. The van der Waals surface area contributed by atoms with Crippen LogP contribution in [0, 0.1) is 0 Å². The molecular weight excluding hydrogens is 589 g/mol. The lowest BCUT2D eigenvalue weighted by atomic mass is 10.1. The minimum absolute atomic E-state index is 0.233. The van der Waals surface area contributed by atoms with Gasteiger partial charge in [0.05, 0.1) is 18.9 Å². The van der Waals surface area contributed by atoms with E-state index in [4.69, 9.17) is 24.6 Å². The zero-order chi connectivity index (χ0) is 31.6. The van der Waals surface area contributed by atoms with Gasteiger partial charge >= 0.3 is 12.1 Å². The van der Waals surface area contributed by atoms with Crippen LogP contribution in [0.2, 0.25) is 0 Å². The van der Waals surface area contributed by atoms with Crippen LogP contribution in [-0.4, -0.2) is 76.2 Å². The van der Waals surface area contributed by atoms with Gasteiger partial charge in [-0.2, -0.15) is 18.2 Å². The molecule has 13 heteroatoms. The van der Waals surface area contributed by atoms with Crippen LogP contribution in [0.15, 0.2) is 66.9 Å². The summed E-state index contributed by atoms with van der Waals surface area (Å²) in [7, 11) is 0. The van der Waals surface area contributed by atoms with Crippen molar-refractivity contribution in [3.05, 3.63) is 83.6 Å². The summed E-state index contributed by atoms with van der Waals surface area (Å²) in [5.41, 5.74) is 6.78. The summed E-state index contributed by atoms with van der Waals surface area (Å²) < 4.78 is 37.3. The van der Waals surface area contributed by atoms with Crippen molar-refractivity contribution in [1.82, 2.24) is 15.0 Å². The van der Waals surface area contributed by atoms with E-state index in [9.17, 15) is 18.3 Å². The normalized spacial score (nSPS) is 16.1. The number of hydrogen-bond donors (Lipinski definition) is 3. The molecule has 0 atom stereocenters. The van der Waals surface area contributed by atoms with Gasteiger partial charge in [0, 0.05) is 54.8 Å². The van der Waals surface area contributed by atoms with Gasteiger partial charge in [0.25, 0.3) is 0 Å². The number of anilines is 4. The molecule has 1 saturated heterocycles. The highest BCUT2D eigenvalue weighted by molar-refractivity contribution is 5.78. The third kappa shape index (κ3) is 6.78. The van der Waals surface area contributed by atoms with E-state index in [2.05, 4.69) is 50.4 Å². The number of alkyl halides is 3. The third-order valence-corrected chi connectivity index (χ3v) is 7.93. The number of hydrogen-bond acceptors (Lipinski definition) is 9. The van der Waals surface area contributed by atoms with Crippen LogP contribution < -0.4 is 15.1 Å². The Balaban J connectivity index is 0.000000460. The zero-order valence-electron chi connectivity index (χ0n) is 24.2. The van der Waals surface area contributed by atoms with Crippen molar-refractivity contribution in [1.29, 1.82) is 0 Å². The number of aromatic nitrogens is 3. The van der Waals surface area contributed by atoms with Crippen LogP contribution in [0.1, 0.15) is 16.7 Å². The standard InChI is InChI=1S/C30H30N6O2.C2HF3O2/c37-25-7-3-6-22(18-25)28-26-9-11-36(29(26)34-30(33-28)35-12-14-38-15-13-35)24-8-10-31-27(19-24)32-23-16-20-4-1-2-5-21(20)17-23;3-2(4,5)1(6)7/h1-8,10,18-19,23,37H,9,11-17H2,(H,31,32);(H,6,7). The number of morpholine rings is 1. The molecule has 0 amide bonds. The van der Waals surface area contributed by atoms with E-state index in [1.807, 2.05) is 24.4 Å². The quantitative estimate of drug-likeness (QED) is 0.281. The summed E-state index contributed by atoms with van der Waals surface area (Å²) in [6, 6.07) is 20.5. The fraction of sp³-hybridized carbons (Fsp3) is 0.312. The predicted octanol–water partition coefficient (Wildman–Crippen LogP) is 4.99. The highest BCUT2D eigenvalue weighted by atomic mass is 19.4. The number of carboxylic acids is 1. The Bertz CT molecular complexity index is 1670. The van der Waals surface area contributed by atoms with Gasteiger partial charge in [-0.1, -0.05) is 36.4 Å². The Hall–Kier alpha value is -4.91. The first-order valence-corrected chi connectivity index (χ1v) is 14.6. The second-order valence-corrected chi connectivity index (χ2v) is 10.9. The zero-order valence-corrected chi connectivity index (χ0v) is 24.2. The van der Waals surface area contributed by atoms with E-state index in [1.165, 1.54) is 11.1 Å². The Morgan fingerprint density at radius 2 is 1.67 bits per heavy atom. The molecule has 45 heavy (non-hydrogen) atoms. The number of fused-ring (bicyclic) bond motifs is 2. The summed E-state index contributed by atoms with van der Waals surface area (Å²) in [4.78, 5) is 28.1. The number of carbonyl (C=O) groups is 1. The Morgan fingerprint density at radius 1 is 0.956 bits per heavy atom. The number of ether oxygens (including phenoxy) is 1. The van der Waals surface area contributed by atoms with Gasteiger partial charge in [-0.15, -0.1) is 0 Å². The van der Waals surface area contributed by atoms with Gasteiger partial charge in [0.2, 0.25) is 5.95 Å². The summed E-state index contributed by atoms with van der Waals surface area (Å²) in [6.45, 7) is 3.64. The van der Waals surface area contributed by atoms with Gasteiger partial charge in [0.1, 0.15) is 17.4 Å². The van der Waals surface area contributed by atoms with Gasteiger partial charge in [-0.05, 0) is 48.6 Å². The number of phenols is 1. The Labute approximate surface area is 257 Å². The number of rotatable bonds is 5. The Morgan fingerprint density at radius 3 is 2.33 bits per heavy atom. The van der Waals surface area contributed by atoms with E-state index < -0.39 is 12.1 Å². The number of aromatic hydroxyl groups is 1. The lowest BCUT2D eigenvalue weighted by Gasteiger charge is -2.28. The van der Waals surface area contributed by atoms with Gasteiger partial charge < -0.3 is 30.1 Å². The highest BCUT2D eigenvalue weighted by Gasteiger charge is 2.38. The van der Waals surface area contributed by atoms with Crippen LogP contribution in [0.4, 0.5) is 36.4 Å². The van der Waals surface area contributed by atoms with Crippen LogP contribution in [0.5, 0.6) is 5.75 Å². The molecule has 1 aliphatic carbocycles. The maximum absolute atomic E-state index is 10.6. The van der Waals surface area contributed by atoms with Crippen molar-refractivity contribution in [2.75, 3.05) is 48.0 Å². The molecule has 234 valence electrons. The first kappa shape index (κ1) is 30.1. The monoisotopic (exact) mass is 620 g/mol. The second kappa shape index (κ2) is 12.6. The number of nitrogens with one attached hydrogen (secondary N) is 1. The summed E-state index contributed by atoms with van der Waals surface area (Å²) in [5, 5.41) is 21.0. The average molecular weight is 621 g/mol. The fourth-order valence-corrected chi connectivity index (χ4v) is 5.83. The molecule has 10 nitrogen and oxygen atoms in total. The molecule has 4 aromatic rings. The minimum atomic E-state index is -5.08. The fourth-order valence-electron chi connectivity index (χ4n) is 5.83. The molecule has 7 rings (SSSR count). The van der Waals surface area contributed by atoms with Crippen LogP contribution in [0.3, 0.4) is 0 Å². The molecule has 3 aliphatic rings. The van der Waals surface area contributed by atoms with Crippen molar-refractivity contribution in [2.24, 2.45) is 0 Å². The van der Waals surface area contributed by atoms with Crippen LogP contribution in [-0.2, 0) is 28.8 Å². The van der Waals surface area contributed by atoms with Crippen LogP contribution >= 0.6 is 0 Å². The van der Waals surface area contributed by atoms with Gasteiger partial charge in [-0.3, -0.25) is 0 Å². The van der Waals surface area contributed by atoms with E-state index >= 15 is 0 Å². The Kier molecular flexibility index (Phi) is 8.44. The molecule has 1 fully saturated rings. The molecule has 3 N–H and O–H groups in total. The molecule has 0 unspecified atom stereocenters. The first-order valence-electron chi connectivity index (χ1n) is 14.6. The smallest absolute Gasteiger partial charge is 0.490 e. The van der Waals surface area contributed by atoms with Crippen molar-refractivity contribution in [3.63, 3.8) is 0 Å². The van der Waals surface area contributed by atoms with Gasteiger partial charge in [-0.25, -0.2) is 14.8 Å². The average Bonchev–Trinajstić information content (AvgIpc) is 3.65. The maximum Gasteiger partial charge on any atom is 0.490 e. The van der Waals surface area contributed by atoms with Crippen molar-refractivity contribution in [2.45, 2.75) is 31.5 Å². The van der Waals surface area contributed by atoms with E-state index in [0.717, 1.165) is 73.0 Å². The number of carboxylic acid groups (broad SMARTS) is 1. The SMILES string of the molecule is O=C(O)C(F)(F)F.Oc1cccc(-c2nc(N3CCOCC3)nc3c2CCN3c2ccnc(NC3Cc4ccccc4C3)c2)c1. The highest BCUT2D eigenvalue weighted by Crippen LogP contribution is 2.40. The van der Waals surface area contributed by atoms with Crippen LogP contribution in [0.25, 0.3) is 11.3 Å². The molecule has 0 spiro atoms. The molecule has 2 aliphatic heterocycles. The van der Waals surface area contributed by atoms with E-state index in [-0.39, 0.29) is 5.75 Å². The van der Waals surface area contributed by atoms with Gasteiger partial charge in [0.15, 0.2) is 0 Å². The number of halogens is 3.